The molecule has 0 radical (unpaired) electrons. The molecule has 1 heterocycles. The number of hydrogen-bond donors (Lipinski definition) is 0. The van der Waals surface area contributed by atoms with Gasteiger partial charge in [-0.1, -0.05) is 41.9 Å². The highest BCUT2D eigenvalue weighted by Crippen LogP contribution is 2.32. The second-order valence-corrected chi connectivity index (χ2v) is 6.70. The Morgan fingerprint density at radius 1 is 0.893 bits per heavy atom. The van der Waals surface area contributed by atoms with Gasteiger partial charge in [0.25, 0.3) is 5.69 Å². The number of non-ortho nitro benzene ring substituents is 1. The second kappa shape index (κ2) is 7.66. The van der Waals surface area contributed by atoms with Crippen LogP contribution in [0.1, 0.15) is 11.3 Å². The molecule has 0 aliphatic rings. The number of rotatable bonds is 5. The summed E-state index contributed by atoms with van der Waals surface area (Å²) in [5, 5.41) is 11.5. The number of nitrogens with zero attached hydrogens (tertiary/aromatic N) is 2. The van der Waals surface area contributed by atoms with E-state index in [9.17, 15) is 10.1 Å². The van der Waals surface area contributed by atoms with Crippen LogP contribution in [0.5, 0.6) is 0 Å². The monoisotopic (exact) mass is 390 g/mol. The van der Waals surface area contributed by atoms with Crippen LogP contribution in [0.2, 0.25) is 5.02 Å². The third-order valence-corrected chi connectivity index (χ3v) is 4.60. The number of oxazole rings is 1. The number of nitro groups is 1. The number of nitro benzene ring substituents is 1. The first-order valence-electron chi connectivity index (χ1n) is 8.64. The van der Waals surface area contributed by atoms with E-state index >= 15 is 0 Å². The quantitative estimate of drug-likeness (QED) is 0.302. The summed E-state index contributed by atoms with van der Waals surface area (Å²) < 4.78 is 6.08. The zero-order valence-corrected chi connectivity index (χ0v) is 15.5. The fraction of sp³-hybridized carbons (Fsp3) is 0.0455. The van der Waals surface area contributed by atoms with E-state index in [2.05, 4.69) is 4.98 Å². The average molecular weight is 391 g/mol. The lowest BCUT2D eigenvalue weighted by molar-refractivity contribution is -0.384. The Morgan fingerprint density at radius 3 is 2.18 bits per heavy atom. The Balaban J connectivity index is 1.76. The number of benzene rings is 3. The van der Waals surface area contributed by atoms with Gasteiger partial charge in [0.15, 0.2) is 5.76 Å². The largest absolute Gasteiger partial charge is 0.436 e. The molecular weight excluding hydrogens is 376 g/mol. The summed E-state index contributed by atoms with van der Waals surface area (Å²) in [6, 6.07) is 23.5. The molecule has 4 aromatic rings. The Bertz CT molecular complexity index is 1100. The average Bonchev–Trinajstić information content (AvgIpc) is 3.13. The summed E-state index contributed by atoms with van der Waals surface area (Å²) in [4.78, 5) is 15.1. The van der Waals surface area contributed by atoms with Gasteiger partial charge in [0.05, 0.1) is 10.6 Å². The van der Waals surface area contributed by atoms with Crippen molar-refractivity contribution in [3.05, 3.63) is 105 Å². The molecule has 28 heavy (non-hydrogen) atoms. The number of halogens is 1. The van der Waals surface area contributed by atoms with Gasteiger partial charge < -0.3 is 4.42 Å². The van der Waals surface area contributed by atoms with Crippen LogP contribution in [0, 0.1) is 10.1 Å². The minimum atomic E-state index is -0.431. The molecule has 0 amide bonds. The first-order valence-corrected chi connectivity index (χ1v) is 9.02. The molecule has 0 atom stereocenters. The zero-order valence-electron chi connectivity index (χ0n) is 14.7. The van der Waals surface area contributed by atoms with Gasteiger partial charge >= 0.3 is 0 Å². The van der Waals surface area contributed by atoms with Crippen LogP contribution in [-0.4, -0.2) is 9.91 Å². The third-order valence-electron chi connectivity index (χ3n) is 4.34. The Morgan fingerprint density at radius 2 is 1.54 bits per heavy atom. The van der Waals surface area contributed by atoms with E-state index in [-0.39, 0.29) is 5.69 Å². The van der Waals surface area contributed by atoms with Gasteiger partial charge in [0.1, 0.15) is 0 Å². The molecule has 0 aliphatic carbocycles. The zero-order chi connectivity index (χ0) is 19.5. The molecular formula is C22H15ClN2O3. The van der Waals surface area contributed by atoms with Gasteiger partial charge in [-0.3, -0.25) is 10.1 Å². The van der Waals surface area contributed by atoms with Crippen molar-refractivity contribution in [3.63, 3.8) is 0 Å². The summed E-state index contributed by atoms with van der Waals surface area (Å²) in [7, 11) is 0. The van der Waals surface area contributed by atoms with E-state index in [4.69, 9.17) is 16.0 Å². The Labute approximate surface area is 166 Å². The normalized spacial score (nSPS) is 10.8. The van der Waals surface area contributed by atoms with Crippen LogP contribution in [0.4, 0.5) is 5.69 Å². The number of aromatic nitrogens is 1. The van der Waals surface area contributed by atoms with Crippen LogP contribution < -0.4 is 0 Å². The maximum absolute atomic E-state index is 10.9. The summed E-state index contributed by atoms with van der Waals surface area (Å²) in [5.74, 6) is 1.08. The van der Waals surface area contributed by atoms with Crippen LogP contribution in [0.25, 0.3) is 22.8 Å². The fourth-order valence-corrected chi connectivity index (χ4v) is 3.06. The highest BCUT2D eigenvalue weighted by molar-refractivity contribution is 6.30. The highest BCUT2D eigenvalue weighted by atomic mass is 35.5. The molecule has 0 spiro atoms. The highest BCUT2D eigenvalue weighted by Gasteiger charge is 2.17. The maximum atomic E-state index is 10.9. The number of hydrogen-bond acceptors (Lipinski definition) is 4. The molecule has 0 fully saturated rings. The molecule has 1 aromatic heterocycles. The molecule has 0 aliphatic heterocycles. The molecule has 0 saturated carbocycles. The molecule has 4 rings (SSSR count). The Kier molecular flexibility index (Phi) is 4.91. The molecule has 0 N–H and O–H groups in total. The minimum Gasteiger partial charge on any atom is -0.436 e. The molecule has 0 unspecified atom stereocenters. The lowest BCUT2D eigenvalue weighted by Gasteiger charge is -2.02. The van der Waals surface area contributed by atoms with Crippen LogP contribution in [0.15, 0.2) is 83.3 Å². The lowest BCUT2D eigenvalue weighted by Crippen LogP contribution is -1.91. The van der Waals surface area contributed by atoms with Crippen molar-refractivity contribution in [1.82, 2.24) is 4.98 Å². The van der Waals surface area contributed by atoms with E-state index in [1.54, 1.807) is 24.3 Å². The maximum Gasteiger partial charge on any atom is 0.269 e. The smallest absolute Gasteiger partial charge is 0.269 e. The van der Waals surface area contributed by atoms with Gasteiger partial charge in [-0.2, -0.15) is 0 Å². The predicted octanol–water partition coefficient (Wildman–Crippen LogP) is 6.16. The van der Waals surface area contributed by atoms with Crippen molar-refractivity contribution in [1.29, 1.82) is 0 Å². The molecule has 0 bridgehead atoms. The fourth-order valence-electron chi connectivity index (χ4n) is 2.94. The lowest BCUT2D eigenvalue weighted by atomic mass is 10.1. The van der Waals surface area contributed by atoms with Crippen LogP contribution in [-0.2, 0) is 6.42 Å². The van der Waals surface area contributed by atoms with Crippen molar-refractivity contribution in [2.24, 2.45) is 0 Å². The minimum absolute atomic E-state index is 0.0257. The van der Waals surface area contributed by atoms with Gasteiger partial charge in [-0.25, -0.2) is 4.98 Å². The van der Waals surface area contributed by atoms with Gasteiger partial charge in [-0.05, 0) is 42.0 Å². The van der Waals surface area contributed by atoms with Crippen molar-refractivity contribution in [2.45, 2.75) is 6.42 Å². The van der Waals surface area contributed by atoms with E-state index < -0.39 is 4.92 Å². The summed E-state index contributed by atoms with van der Waals surface area (Å²) in [6.07, 6.45) is 0.606. The van der Waals surface area contributed by atoms with Crippen molar-refractivity contribution in [3.8, 4) is 22.8 Å². The van der Waals surface area contributed by atoms with E-state index in [0.717, 1.165) is 16.8 Å². The molecule has 138 valence electrons. The van der Waals surface area contributed by atoms with Gasteiger partial charge in [-0.15, -0.1) is 0 Å². The summed E-state index contributed by atoms with van der Waals surface area (Å²) in [6.45, 7) is 0. The summed E-state index contributed by atoms with van der Waals surface area (Å²) in [5.41, 5.74) is 3.48. The van der Waals surface area contributed by atoms with E-state index in [1.807, 2.05) is 42.5 Å². The summed E-state index contributed by atoms with van der Waals surface area (Å²) >= 11 is 6.01. The molecule has 3 aromatic carbocycles. The first kappa shape index (κ1) is 17.9. The molecule has 6 heteroatoms. The van der Waals surface area contributed by atoms with Gasteiger partial charge in [0.2, 0.25) is 5.89 Å². The first-order chi connectivity index (χ1) is 13.6. The predicted molar refractivity (Wildman–Crippen MR) is 108 cm³/mol. The molecule has 0 saturated heterocycles. The Hall–Kier alpha value is -3.44. The second-order valence-electron chi connectivity index (χ2n) is 6.27. The van der Waals surface area contributed by atoms with Crippen LogP contribution in [0.3, 0.4) is 0 Å². The third kappa shape index (κ3) is 3.80. The van der Waals surface area contributed by atoms with E-state index in [0.29, 0.717) is 28.7 Å². The SMILES string of the molecule is O=[N+]([O-])c1ccc(-c2nc(Cc3ccccc3)c(-c3ccc(Cl)cc3)o2)cc1. The van der Waals surface area contributed by atoms with Crippen molar-refractivity contribution >= 4 is 17.3 Å². The topological polar surface area (TPSA) is 69.2 Å². The molecule has 5 nitrogen and oxygen atoms in total. The van der Waals surface area contributed by atoms with Crippen molar-refractivity contribution in [2.75, 3.05) is 0 Å². The van der Waals surface area contributed by atoms with Crippen LogP contribution >= 0.6 is 11.6 Å². The standard InChI is InChI=1S/C22H15ClN2O3/c23-18-10-6-16(7-11-18)21-20(14-15-4-2-1-3-5-15)24-22(28-21)17-8-12-19(13-9-17)25(26)27/h1-13H,14H2. The van der Waals surface area contributed by atoms with E-state index in [1.165, 1.54) is 12.1 Å². The van der Waals surface area contributed by atoms with Crippen molar-refractivity contribution < 1.29 is 9.34 Å². The van der Waals surface area contributed by atoms with Gasteiger partial charge in [0, 0.05) is 34.7 Å².